The zero-order valence-corrected chi connectivity index (χ0v) is 16.0. The van der Waals surface area contributed by atoms with Crippen molar-refractivity contribution < 1.29 is 27.8 Å². The maximum Gasteiger partial charge on any atom is 0.573 e. The molecule has 0 amide bonds. The Labute approximate surface area is 169 Å². The number of aryl methyl sites for hydroxylation is 1. The van der Waals surface area contributed by atoms with Crippen LogP contribution in [0, 0.1) is 6.92 Å². The first-order chi connectivity index (χ1) is 13.8. The minimum Gasteiger partial charge on any atom is -0.406 e. The lowest BCUT2D eigenvalue weighted by molar-refractivity contribution is -0.274. The third kappa shape index (κ3) is 5.75. The van der Waals surface area contributed by atoms with Crippen molar-refractivity contribution in [2.24, 2.45) is 0 Å². The summed E-state index contributed by atoms with van der Waals surface area (Å²) in [6.45, 7) is 2.27. The normalized spacial score (nSPS) is 23.6. The predicted molar refractivity (Wildman–Crippen MR) is 104 cm³/mol. The van der Waals surface area contributed by atoms with E-state index in [9.17, 15) is 18.3 Å². The molecular formula is C21H23BF3NO3. The third-order valence-electron chi connectivity index (χ3n) is 5.09. The van der Waals surface area contributed by atoms with E-state index in [0.29, 0.717) is 13.0 Å². The summed E-state index contributed by atoms with van der Waals surface area (Å²) < 4.78 is 47.4. The molecule has 3 rings (SSSR count). The number of aliphatic hydroxyl groups is 1. The molecule has 8 heteroatoms. The molecule has 2 aromatic rings. The fourth-order valence-electron chi connectivity index (χ4n) is 3.66. The second-order valence-electron chi connectivity index (χ2n) is 7.19. The van der Waals surface area contributed by atoms with Gasteiger partial charge in [-0.2, -0.15) is 0 Å². The van der Waals surface area contributed by atoms with Crippen molar-refractivity contribution in [2.45, 2.75) is 43.9 Å². The van der Waals surface area contributed by atoms with Crippen molar-refractivity contribution in [3.63, 3.8) is 0 Å². The predicted octanol–water partition coefficient (Wildman–Crippen LogP) is 3.26. The second-order valence-corrected chi connectivity index (χ2v) is 7.19. The number of rotatable bonds is 6. The van der Waals surface area contributed by atoms with E-state index in [4.69, 9.17) is 12.6 Å². The van der Waals surface area contributed by atoms with Crippen molar-refractivity contribution in [2.75, 3.05) is 13.1 Å². The van der Waals surface area contributed by atoms with E-state index in [-0.39, 0.29) is 30.3 Å². The van der Waals surface area contributed by atoms with Crippen molar-refractivity contribution in [1.29, 1.82) is 0 Å². The molecule has 2 aromatic carbocycles. The van der Waals surface area contributed by atoms with Crippen molar-refractivity contribution in [3.8, 4) is 5.75 Å². The van der Waals surface area contributed by atoms with Crippen LogP contribution in [0.25, 0.3) is 0 Å². The molecule has 29 heavy (non-hydrogen) atoms. The molecule has 2 unspecified atom stereocenters. The average molecular weight is 405 g/mol. The van der Waals surface area contributed by atoms with E-state index in [0.717, 1.165) is 16.7 Å². The number of nitrogens with one attached hydrogen (secondary N) is 1. The number of halogens is 3. The Morgan fingerprint density at radius 3 is 2.24 bits per heavy atom. The van der Waals surface area contributed by atoms with Crippen LogP contribution in [0.4, 0.5) is 13.2 Å². The van der Waals surface area contributed by atoms with Gasteiger partial charge in [-0.15, -0.1) is 13.2 Å². The number of benzene rings is 2. The molecule has 2 radical (unpaired) electrons. The summed E-state index contributed by atoms with van der Waals surface area (Å²) in [6, 6.07) is 13.4. The van der Waals surface area contributed by atoms with Gasteiger partial charge in [0.05, 0.1) is 32.7 Å². The standard InChI is InChI=1S/C21H23BF3NO3/c1-13-2-4-14(5-3-13)20(19-10-18(27)17(11-28-19)26-12-22)15-6-8-16(9-7-15)29-21(23,24)25/h2-9,17-20,26-27H,10-12H2,1H3/t17-,18?,19+,20?/m1/s1. The Hall–Kier alpha value is -2.03. The highest BCUT2D eigenvalue weighted by Crippen LogP contribution is 2.36. The van der Waals surface area contributed by atoms with E-state index in [1.54, 1.807) is 12.1 Å². The van der Waals surface area contributed by atoms with Crippen molar-refractivity contribution in [3.05, 3.63) is 65.2 Å². The van der Waals surface area contributed by atoms with Crippen LogP contribution in [0.5, 0.6) is 5.75 Å². The molecule has 0 spiro atoms. The van der Waals surface area contributed by atoms with Gasteiger partial charge in [-0.05, 0) is 36.6 Å². The van der Waals surface area contributed by atoms with E-state index in [1.165, 1.54) is 12.1 Å². The van der Waals surface area contributed by atoms with E-state index in [1.807, 2.05) is 31.2 Å². The van der Waals surface area contributed by atoms with E-state index >= 15 is 0 Å². The van der Waals surface area contributed by atoms with Crippen LogP contribution in [0.3, 0.4) is 0 Å². The highest BCUT2D eigenvalue weighted by atomic mass is 19.4. The summed E-state index contributed by atoms with van der Waals surface area (Å²) in [6.07, 6.45) is -5.11. The molecule has 1 heterocycles. The minimum absolute atomic E-state index is 0.234. The van der Waals surface area contributed by atoms with Gasteiger partial charge in [0.2, 0.25) is 0 Å². The van der Waals surface area contributed by atoms with Crippen LogP contribution < -0.4 is 10.1 Å². The van der Waals surface area contributed by atoms with Crippen LogP contribution in [0.15, 0.2) is 48.5 Å². The fourth-order valence-corrected chi connectivity index (χ4v) is 3.66. The van der Waals surface area contributed by atoms with Crippen LogP contribution in [-0.2, 0) is 4.74 Å². The molecule has 0 aromatic heterocycles. The van der Waals surface area contributed by atoms with Gasteiger partial charge in [-0.25, -0.2) is 0 Å². The quantitative estimate of drug-likeness (QED) is 0.725. The zero-order valence-electron chi connectivity index (χ0n) is 16.0. The van der Waals surface area contributed by atoms with Gasteiger partial charge in [0.15, 0.2) is 0 Å². The molecule has 4 atom stereocenters. The SMILES string of the molecule is [B]CN[C@@H]1CO[C@H](C(c2ccc(C)cc2)c2ccc(OC(F)(F)F)cc2)CC1O. The maximum absolute atomic E-state index is 12.5. The Bertz CT molecular complexity index is 783. The summed E-state index contributed by atoms with van der Waals surface area (Å²) in [5.41, 5.74) is 2.84. The molecule has 1 fully saturated rings. The molecule has 2 N–H and O–H groups in total. The van der Waals surface area contributed by atoms with Crippen LogP contribution >= 0.6 is 0 Å². The van der Waals surface area contributed by atoms with Gasteiger partial charge in [-0.3, -0.25) is 0 Å². The first kappa shape index (κ1) is 21.7. The molecule has 1 saturated heterocycles. The summed E-state index contributed by atoms with van der Waals surface area (Å²) >= 11 is 0. The Morgan fingerprint density at radius 2 is 1.72 bits per heavy atom. The van der Waals surface area contributed by atoms with Crippen LogP contribution in [0.1, 0.15) is 29.0 Å². The van der Waals surface area contributed by atoms with Crippen LogP contribution in [-0.4, -0.2) is 50.6 Å². The second kappa shape index (κ2) is 9.20. The Morgan fingerprint density at radius 1 is 1.14 bits per heavy atom. The molecule has 1 aliphatic heterocycles. The number of alkyl halides is 3. The first-order valence-corrected chi connectivity index (χ1v) is 9.42. The number of hydrogen-bond acceptors (Lipinski definition) is 4. The molecular weight excluding hydrogens is 382 g/mol. The lowest BCUT2D eigenvalue weighted by atomic mass is 9.82. The number of aliphatic hydroxyl groups excluding tert-OH is 1. The summed E-state index contributed by atoms with van der Waals surface area (Å²) in [7, 11) is 5.50. The lowest BCUT2D eigenvalue weighted by Crippen LogP contribution is -2.51. The van der Waals surface area contributed by atoms with Crippen molar-refractivity contribution >= 4 is 7.85 Å². The summed E-state index contributed by atoms with van der Waals surface area (Å²) in [5.74, 6) is -0.523. The molecule has 0 bridgehead atoms. The molecule has 0 saturated carbocycles. The highest BCUT2D eigenvalue weighted by molar-refractivity contribution is 6.08. The number of ether oxygens (including phenoxy) is 2. The van der Waals surface area contributed by atoms with E-state index < -0.39 is 12.5 Å². The third-order valence-corrected chi connectivity index (χ3v) is 5.09. The molecule has 4 nitrogen and oxygen atoms in total. The minimum atomic E-state index is -4.74. The Balaban J connectivity index is 1.87. The largest absolute Gasteiger partial charge is 0.573 e. The van der Waals surface area contributed by atoms with E-state index in [2.05, 4.69) is 10.1 Å². The lowest BCUT2D eigenvalue weighted by Gasteiger charge is -2.38. The smallest absolute Gasteiger partial charge is 0.406 e. The summed E-state index contributed by atoms with van der Waals surface area (Å²) in [4.78, 5) is 0. The van der Waals surface area contributed by atoms with Crippen molar-refractivity contribution in [1.82, 2.24) is 5.32 Å². The summed E-state index contributed by atoms with van der Waals surface area (Å²) in [5, 5.41) is 13.5. The highest BCUT2D eigenvalue weighted by Gasteiger charge is 2.36. The van der Waals surface area contributed by atoms with Crippen LogP contribution in [0.2, 0.25) is 0 Å². The van der Waals surface area contributed by atoms with Gasteiger partial charge in [0, 0.05) is 12.3 Å². The fraction of sp³-hybridized carbons (Fsp3) is 0.429. The average Bonchev–Trinajstić information content (AvgIpc) is 2.66. The maximum atomic E-state index is 12.5. The van der Waals surface area contributed by atoms with Gasteiger partial charge in [-0.1, -0.05) is 42.0 Å². The van der Waals surface area contributed by atoms with Gasteiger partial charge in [0.25, 0.3) is 0 Å². The topological polar surface area (TPSA) is 50.7 Å². The Kier molecular flexibility index (Phi) is 6.87. The molecule has 0 aliphatic carbocycles. The van der Waals surface area contributed by atoms with Gasteiger partial charge in [0.1, 0.15) is 5.75 Å². The molecule has 154 valence electrons. The molecule has 1 aliphatic rings. The monoisotopic (exact) mass is 405 g/mol. The first-order valence-electron chi connectivity index (χ1n) is 9.42. The van der Waals surface area contributed by atoms with Gasteiger partial charge < -0.3 is 19.9 Å². The zero-order chi connectivity index (χ0) is 21.0. The number of hydrogen-bond donors (Lipinski definition) is 2. The van der Waals surface area contributed by atoms with Gasteiger partial charge >= 0.3 is 6.36 Å².